The maximum atomic E-state index is 12.0. The molecule has 0 bridgehead atoms. The number of nitrogens with zero attached hydrogens (tertiary/aromatic N) is 1. The smallest absolute Gasteiger partial charge is 0.254 e. The normalized spacial score (nSPS) is 19.7. The van der Waals surface area contributed by atoms with E-state index in [0.29, 0.717) is 24.6 Å². The monoisotopic (exact) mass is 252 g/mol. The van der Waals surface area contributed by atoms with Gasteiger partial charge in [-0.2, -0.15) is 5.10 Å². The third kappa shape index (κ3) is 3.08. The molecule has 1 aromatic rings. The molecule has 1 saturated heterocycles. The fraction of sp³-hybridized carbons (Fsp3) is 0.667. The number of aromatic nitrogens is 2. The molecule has 3 N–H and O–H groups in total. The van der Waals surface area contributed by atoms with Crippen LogP contribution in [0.4, 0.5) is 0 Å². The molecule has 1 aliphatic rings. The minimum Gasteiger partial charge on any atom is -0.383 e. The second kappa shape index (κ2) is 6.51. The summed E-state index contributed by atoms with van der Waals surface area (Å²) in [6.07, 6.45) is 3.83. The number of carbonyl (C=O) groups is 1. The van der Waals surface area contributed by atoms with Crippen molar-refractivity contribution in [3.8, 4) is 0 Å². The third-order valence-electron chi connectivity index (χ3n) is 3.21. The first kappa shape index (κ1) is 13.0. The number of carbonyl (C=O) groups excluding carboxylic acids is 1. The minimum atomic E-state index is -0.0821. The molecule has 1 aromatic heterocycles. The maximum Gasteiger partial charge on any atom is 0.254 e. The van der Waals surface area contributed by atoms with Crippen LogP contribution in [0, 0.1) is 0 Å². The van der Waals surface area contributed by atoms with Gasteiger partial charge in [0.1, 0.15) is 0 Å². The molecule has 6 heteroatoms. The Kier molecular flexibility index (Phi) is 4.72. The fourth-order valence-corrected chi connectivity index (χ4v) is 2.25. The summed E-state index contributed by atoms with van der Waals surface area (Å²) >= 11 is 0. The third-order valence-corrected chi connectivity index (χ3v) is 3.21. The van der Waals surface area contributed by atoms with Gasteiger partial charge in [-0.25, -0.2) is 0 Å². The lowest BCUT2D eigenvalue weighted by Crippen LogP contribution is -2.31. The van der Waals surface area contributed by atoms with E-state index >= 15 is 0 Å². The minimum absolute atomic E-state index is 0.0821. The van der Waals surface area contributed by atoms with Crippen molar-refractivity contribution in [3.05, 3.63) is 17.5 Å². The van der Waals surface area contributed by atoms with Gasteiger partial charge in [-0.15, -0.1) is 0 Å². The summed E-state index contributed by atoms with van der Waals surface area (Å²) in [5.41, 5.74) is 1.59. The van der Waals surface area contributed by atoms with Gasteiger partial charge in [0.15, 0.2) is 0 Å². The lowest BCUT2D eigenvalue weighted by Gasteiger charge is -2.22. The van der Waals surface area contributed by atoms with Crippen molar-refractivity contribution in [2.24, 2.45) is 0 Å². The Morgan fingerprint density at radius 1 is 1.67 bits per heavy atom. The molecule has 1 unspecified atom stereocenters. The van der Waals surface area contributed by atoms with E-state index in [4.69, 9.17) is 4.74 Å². The van der Waals surface area contributed by atoms with E-state index < -0.39 is 0 Å². The Labute approximate surface area is 106 Å². The highest BCUT2D eigenvalue weighted by Crippen LogP contribution is 2.24. The predicted octanol–water partition coefficient (Wildman–Crippen LogP) is 0.253. The van der Waals surface area contributed by atoms with Crippen LogP contribution in [0.25, 0.3) is 0 Å². The molecule has 0 spiro atoms. The molecule has 100 valence electrons. The van der Waals surface area contributed by atoms with Crippen LogP contribution in [0.1, 0.15) is 34.8 Å². The largest absolute Gasteiger partial charge is 0.383 e. The topological polar surface area (TPSA) is 79.0 Å². The lowest BCUT2D eigenvalue weighted by atomic mass is 9.93. The fourth-order valence-electron chi connectivity index (χ4n) is 2.25. The van der Waals surface area contributed by atoms with Crippen molar-refractivity contribution in [2.45, 2.75) is 18.8 Å². The number of nitrogens with one attached hydrogen (secondary N) is 3. The van der Waals surface area contributed by atoms with Crippen LogP contribution in [-0.2, 0) is 4.74 Å². The molecular formula is C12H20N4O2. The second-order valence-corrected chi connectivity index (χ2v) is 4.49. The molecule has 0 saturated carbocycles. The zero-order valence-corrected chi connectivity index (χ0v) is 10.7. The Morgan fingerprint density at radius 2 is 2.56 bits per heavy atom. The van der Waals surface area contributed by atoms with Gasteiger partial charge in [-0.05, 0) is 19.4 Å². The van der Waals surface area contributed by atoms with E-state index in [2.05, 4.69) is 20.8 Å². The summed E-state index contributed by atoms with van der Waals surface area (Å²) in [7, 11) is 1.61. The van der Waals surface area contributed by atoms with Gasteiger partial charge in [0.2, 0.25) is 0 Å². The van der Waals surface area contributed by atoms with E-state index in [9.17, 15) is 4.79 Å². The van der Waals surface area contributed by atoms with Crippen LogP contribution in [0.3, 0.4) is 0 Å². The number of H-pyrrole nitrogens is 1. The standard InChI is InChI=1S/C12H20N4O2/c1-18-6-5-14-12(17)10-8-15-16-11(10)9-3-2-4-13-7-9/h8-9,13H,2-7H2,1H3,(H,14,17)(H,15,16). The van der Waals surface area contributed by atoms with Crippen molar-refractivity contribution < 1.29 is 9.53 Å². The molecule has 6 nitrogen and oxygen atoms in total. The average molecular weight is 252 g/mol. The summed E-state index contributed by atoms with van der Waals surface area (Å²) in [6, 6.07) is 0. The van der Waals surface area contributed by atoms with E-state index in [-0.39, 0.29) is 5.91 Å². The Morgan fingerprint density at radius 3 is 3.28 bits per heavy atom. The van der Waals surface area contributed by atoms with Crippen molar-refractivity contribution in [3.63, 3.8) is 0 Å². The van der Waals surface area contributed by atoms with Crippen molar-refractivity contribution in [1.29, 1.82) is 0 Å². The molecule has 1 atom stereocenters. The number of hydrogen-bond donors (Lipinski definition) is 3. The molecular weight excluding hydrogens is 232 g/mol. The van der Waals surface area contributed by atoms with Crippen LogP contribution < -0.4 is 10.6 Å². The molecule has 1 fully saturated rings. The van der Waals surface area contributed by atoms with Gasteiger partial charge in [-0.3, -0.25) is 9.89 Å². The van der Waals surface area contributed by atoms with E-state index in [1.807, 2.05) is 0 Å². The molecule has 2 rings (SSSR count). The number of piperidine rings is 1. The Hall–Kier alpha value is -1.40. The highest BCUT2D eigenvalue weighted by atomic mass is 16.5. The zero-order chi connectivity index (χ0) is 12.8. The van der Waals surface area contributed by atoms with Gasteiger partial charge < -0.3 is 15.4 Å². The number of hydrogen-bond acceptors (Lipinski definition) is 4. The van der Waals surface area contributed by atoms with Crippen molar-refractivity contribution >= 4 is 5.91 Å². The Balaban J connectivity index is 1.99. The van der Waals surface area contributed by atoms with Crippen LogP contribution >= 0.6 is 0 Å². The highest BCUT2D eigenvalue weighted by Gasteiger charge is 2.22. The SMILES string of the molecule is COCCNC(=O)c1cn[nH]c1C1CCCNC1. The number of rotatable bonds is 5. The number of amides is 1. The van der Waals surface area contributed by atoms with Gasteiger partial charge >= 0.3 is 0 Å². The van der Waals surface area contributed by atoms with Crippen molar-refractivity contribution in [2.75, 3.05) is 33.4 Å². The van der Waals surface area contributed by atoms with Crippen LogP contribution in [0.15, 0.2) is 6.20 Å². The molecule has 0 aromatic carbocycles. The van der Waals surface area contributed by atoms with Gasteiger partial charge in [0, 0.05) is 26.1 Å². The average Bonchev–Trinajstić information content (AvgIpc) is 2.89. The number of ether oxygens (including phenoxy) is 1. The van der Waals surface area contributed by atoms with E-state index in [0.717, 1.165) is 31.6 Å². The highest BCUT2D eigenvalue weighted by molar-refractivity contribution is 5.95. The van der Waals surface area contributed by atoms with Gasteiger partial charge in [0.05, 0.1) is 24.1 Å². The van der Waals surface area contributed by atoms with E-state index in [1.165, 1.54) is 0 Å². The zero-order valence-electron chi connectivity index (χ0n) is 10.7. The van der Waals surface area contributed by atoms with Crippen LogP contribution in [0.5, 0.6) is 0 Å². The first-order valence-corrected chi connectivity index (χ1v) is 6.34. The summed E-state index contributed by atoms with van der Waals surface area (Å²) < 4.78 is 4.91. The first-order valence-electron chi connectivity index (χ1n) is 6.34. The van der Waals surface area contributed by atoms with E-state index in [1.54, 1.807) is 13.3 Å². The molecule has 1 aliphatic heterocycles. The first-order chi connectivity index (χ1) is 8.83. The molecule has 18 heavy (non-hydrogen) atoms. The molecule has 1 amide bonds. The lowest BCUT2D eigenvalue weighted by molar-refractivity contribution is 0.0935. The van der Waals surface area contributed by atoms with Crippen molar-refractivity contribution in [1.82, 2.24) is 20.8 Å². The molecule has 2 heterocycles. The number of aromatic amines is 1. The summed E-state index contributed by atoms with van der Waals surface area (Å²) in [4.78, 5) is 12.0. The summed E-state index contributed by atoms with van der Waals surface area (Å²) in [5.74, 6) is 0.269. The maximum absolute atomic E-state index is 12.0. The summed E-state index contributed by atoms with van der Waals surface area (Å²) in [6.45, 7) is 2.99. The van der Waals surface area contributed by atoms with Gasteiger partial charge in [-0.1, -0.05) is 0 Å². The second-order valence-electron chi connectivity index (χ2n) is 4.49. The van der Waals surface area contributed by atoms with Crippen LogP contribution in [0.2, 0.25) is 0 Å². The van der Waals surface area contributed by atoms with Gasteiger partial charge in [0.25, 0.3) is 5.91 Å². The molecule has 0 aliphatic carbocycles. The number of methoxy groups -OCH3 is 1. The quantitative estimate of drug-likeness (QED) is 0.656. The predicted molar refractivity (Wildman–Crippen MR) is 67.6 cm³/mol. The Bertz CT molecular complexity index is 385. The molecule has 0 radical (unpaired) electrons. The summed E-state index contributed by atoms with van der Waals surface area (Å²) in [5, 5.41) is 13.1. The van der Waals surface area contributed by atoms with Crippen LogP contribution in [-0.4, -0.2) is 49.5 Å².